The average Bonchev–Trinajstić information content (AvgIpc) is 2.93. The topological polar surface area (TPSA) is 69.4 Å². The van der Waals surface area contributed by atoms with Crippen molar-refractivity contribution >= 4 is 21.2 Å². The average molecular weight is 297 g/mol. The molecule has 0 aliphatic heterocycles. The van der Waals surface area contributed by atoms with Crippen molar-refractivity contribution in [2.24, 2.45) is 5.73 Å². The summed E-state index contributed by atoms with van der Waals surface area (Å²) in [5.74, 6) is 0.477. The summed E-state index contributed by atoms with van der Waals surface area (Å²) in [6, 6.07) is 9.89. The Balaban J connectivity index is 2.24. The molecule has 4 nitrogen and oxygen atoms in total. The van der Waals surface area contributed by atoms with E-state index in [2.05, 4.69) is 0 Å². The fraction of sp³-hybridized carbons (Fsp3) is 0.231. The van der Waals surface area contributed by atoms with Crippen LogP contribution in [0.4, 0.5) is 0 Å². The van der Waals surface area contributed by atoms with Crippen molar-refractivity contribution in [3.05, 3.63) is 47.3 Å². The van der Waals surface area contributed by atoms with Crippen LogP contribution >= 0.6 is 11.3 Å². The van der Waals surface area contributed by atoms with Crippen LogP contribution in [0, 0.1) is 0 Å². The fourth-order valence-corrected chi connectivity index (χ4v) is 4.33. The van der Waals surface area contributed by atoms with Gasteiger partial charge in [-0.1, -0.05) is 24.3 Å². The van der Waals surface area contributed by atoms with Crippen LogP contribution in [0.15, 0.2) is 46.0 Å². The lowest BCUT2D eigenvalue weighted by Crippen LogP contribution is -2.22. The lowest BCUT2D eigenvalue weighted by atomic mass is 10.1. The van der Waals surface area contributed by atoms with Crippen LogP contribution in [0.1, 0.15) is 11.6 Å². The van der Waals surface area contributed by atoms with Crippen molar-refractivity contribution in [1.82, 2.24) is 0 Å². The van der Waals surface area contributed by atoms with Gasteiger partial charge in [-0.05, 0) is 17.5 Å². The maximum Gasteiger partial charge on any atom is 0.189 e. The molecule has 2 rings (SSSR count). The normalized spacial score (nSPS) is 13.2. The molecular weight excluding hydrogens is 282 g/mol. The number of rotatable bonds is 5. The van der Waals surface area contributed by atoms with Gasteiger partial charge < -0.3 is 10.5 Å². The number of para-hydroxylation sites is 1. The number of hydrogen-bond acceptors (Lipinski definition) is 5. The summed E-state index contributed by atoms with van der Waals surface area (Å²) in [5.41, 5.74) is 6.71. The minimum absolute atomic E-state index is 0.131. The molecule has 0 aliphatic carbocycles. The van der Waals surface area contributed by atoms with Gasteiger partial charge in [0.15, 0.2) is 9.84 Å². The van der Waals surface area contributed by atoms with E-state index < -0.39 is 15.9 Å². The highest BCUT2D eigenvalue weighted by Gasteiger charge is 2.22. The molecule has 0 bridgehead atoms. The van der Waals surface area contributed by atoms with Crippen LogP contribution in [0.2, 0.25) is 0 Å². The summed E-state index contributed by atoms with van der Waals surface area (Å²) in [7, 11) is -1.81. The second-order valence-electron chi connectivity index (χ2n) is 4.06. The molecule has 19 heavy (non-hydrogen) atoms. The Morgan fingerprint density at radius 3 is 2.63 bits per heavy atom. The molecule has 1 aromatic carbocycles. The van der Waals surface area contributed by atoms with Crippen LogP contribution in [-0.4, -0.2) is 21.3 Å². The molecule has 0 saturated heterocycles. The number of methoxy groups -OCH3 is 1. The maximum atomic E-state index is 12.2. The van der Waals surface area contributed by atoms with Crippen molar-refractivity contribution in [3.63, 3.8) is 0 Å². The number of nitrogens with two attached hydrogens (primary N) is 1. The maximum absolute atomic E-state index is 12.2. The first-order valence-electron chi connectivity index (χ1n) is 5.69. The monoisotopic (exact) mass is 297 g/mol. The van der Waals surface area contributed by atoms with Crippen LogP contribution in [0.3, 0.4) is 0 Å². The van der Waals surface area contributed by atoms with Crippen molar-refractivity contribution in [2.75, 3.05) is 12.9 Å². The quantitative estimate of drug-likeness (QED) is 0.919. The molecule has 1 unspecified atom stereocenters. The van der Waals surface area contributed by atoms with E-state index in [0.717, 1.165) is 0 Å². The summed E-state index contributed by atoms with van der Waals surface area (Å²) in [4.78, 5) is 0. The van der Waals surface area contributed by atoms with Crippen molar-refractivity contribution in [2.45, 2.75) is 10.3 Å². The predicted octanol–water partition coefficient (Wildman–Crippen LogP) is 2.23. The van der Waals surface area contributed by atoms with Gasteiger partial charge in [-0.2, -0.15) is 0 Å². The zero-order valence-corrected chi connectivity index (χ0v) is 12.1. The Bertz CT molecular complexity index is 636. The van der Waals surface area contributed by atoms with E-state index in [-0.39, 0.29) is 5.75 Å². The van der Waals surface area contributed by atoms with Gasteiger partial charge in [0.2, 0.25) is 0 Å². The summed E-state index contributed by atoms with van der Waals surface area (Å²) < 4.78 is 29.9. The highest BCUT2D eigenvalue weighted by molar-refractivity contribution is 7.93. The Labute approximate surface area is 116 Å². The molecule has 1 heterocycles. The smallest absolute Gasteiger partial charge is 0.189 e. The van der Waals surface area contributed by atoms with Crippen molar-refractivity contribution < 1.29 is 13.2 Å². The standard InChI is InChI=1S/C13H15NO3S2/c1-17-12-6-3-2-5-10(12)11(14)9-19(15,16)13-7-4-8-18-13/h2-8,11H,9,14H2,1H3. The van der Waals surface area contributed by atoms with Gasteiger partial charge in [-0.3, -0.25) is 0 Å². The van der Waals surface area contributed by atoms with Crippen LogP contribution in [0.25, 0.3) is 0 Å². The molecule has 0 radical (unpaired) electrons. The largest absolute Gasteiger partial charge is 0.496 e. The molecule has 1 aromatic heterocycles. The second kappa shape index (κ2) is 5.73. The van der Waals surface area contributed by atoms with E-state index >= 15 is 0 Å². The first-order chi connectivity index (χ1) is 9.04. The highest BCUT2D eigenvalue weighted by atomic mass is 32.2. The second-order valence-corrected chi connectivity index (χ2v) is 7.27. The zero-order valence-electron chi connectivity index (χ0n) is 10.4. The zero-order chi connectivity index (χ0) is 13.9. The van der Waals surface area contributed by atoms with E-state index in [9.17, 15) is 8.42 Å². The molecule has 0 fully saturated rings. The van der Waals surface area contributed by atoms with Gasteiger partial charge in [0.05, 0.1) is 12.9 Å². The SMILES string of the molecule is COc1ccccc1C(N)CS(=O)(=O)c1cccs1. The molecule has 0 aliphatic rings. The minimum Gasteiger partial charge on any atom is -0.496 e. The molecule has 6 heteroatoms. The van der Waals surface area contributed by atoms with Gasteiger partial charge in [-0.15, -0.1) is 11.3 Å². The van der Waals surface area contributed by atoms with Crippen LogP contribution in [-0.2, 0) is 9.84 Å². The first-order valence-corrected chi connectivity index (χ1v) is 8.22. The third-order valence-electron chi connectivity index (χ3n) is 2.74. The molecule has 2 aromatic rings. The Morgan fingerprint density at radius 1 is 1.26 bits per heavy atom. The van der Waals surface area contributed by atoms with Gasteiger partial charge in [0.1, 0.15) is 9.96 Å². The van der Waals surface area contributed by atoms with Gasteiger partial charge in [-0.25, -0.2) is 8.42 Å². The van der Waals surface area contributed by atoms with Crippen molar-refractivity contribution in [1.29, 1.82) is 0 Å². The van der Waals surface area contributed by atoms with Crippen LogP contribution < -0.4 is 10.5 Å². The molecule has 0 amide bonds. The fourth-order valence-electron chi connectivity index (χ4n) is 1.82. The molecule has 0 saturated carbocycles. The summed E-state index contributed by atoms with van der Waals surface area (Å²) in [5, 5.41) is 1.74. The molecule has 0 spiro atoms. The van der Waals surface area contributed by atoms with Gasteiger partial charge in [0, 0.05) is 11.6 Å². The Kier molecular flexibility index (Phi) is 4.24. The lowest BCUT2D eigenvalue weighted by molar-refractivity contribution is 0.407. The number of hydrogen-bond donors (Lipinski definition) is 1. The molecule has 102 valence electrons. The van der Waals surface area contributed by atoms with Crippen LogP contribution in [0.5, 0.6) is 5.75 Å². The molecular formula is C13H15NO3S2. The number of thiophene rings is 1. The summed E-state index contributed by atoms with van der Waals surface area (Å²) >= 11 is 1.20. The third kappa shape index (κ3) is 3.15. The van der Waals surface area contributed by atoms with Gasteiger partial charge >= 0.3 is 0 Å². The van der Waals surface area contributed by atoms with E-state index in [1.165, 1.54) is 11.3 Å². The Morgan fingerprint density at radius 2 is 2.00 bits per heavy atom. The lowest BCUT2D eigenvalue weighted by Gasteiger charge is -2.15. The number of ether oxygens (including phenoxy) is 1. The van der Waals surface area contributed by atoms with E-state index in [1.807, 2.05) is 12.1 Å². The van der Waals surface area contributed by atoms with E-state index in [1.54, 1.807) is 36.8 Å². The minimum atomic E-state index is -3.35. The third-order valence-corrected chi connectivity index (χ3v) is 6.00. The predicted molar refractivity (Wildman–Crippen MR) is 76.3 cm³/mol. The summed E-state index contributed by atoms with van der Waals surface area (Å²) in [6.07, 6.45) is 0. The highest BCUT2D eigenvalue weighted by Crippen LogP contribution is 2.27. The van der Waals surface area contributed by atoms with E-state index in [0.29, 0.717) is 15.5 Å². The molecule has 1 atom stereocenters. The van der Waals surface area contributed by atoms with E-state index in [4.69, 9.17) is 10.5 Å². The molecule has 2 N–H and O–H groups in total. The first kappa shape index (κ1) is 14.0. The number of sulfone groups is 1. The van der Waals surface area contributed by atoms with Gasteiger partial charge in [0.25, 0.3) is 0 Å². The van der Waals surface area contributed by atoms with Crippen molar-refractivity contribution in [3.8, 4) is 5.75 Å². The number of benzene rings is 1. The summed E-state index contributed by atoms with van der Waals surface area (Å²) in [6.45, 7) is 0. The Hall–Kier alpha value is -1.37.